The monoisotopic (exact) mass is 475 g/mol. The molecule has 4 rings (SSSR count). The molecule has 9 nitrogen and oxygen atoms in total. The SMILES string of the molecule is O=C(c1occc1CS(=O)(=O)c1ccccc1)N1CCN(S(=O)(=O)c2cccnc2)CC1. The molecule has 2 aromatic heterocycles. The summed E-state index contributed by atoms with van der Waals surface area (Å²) >= 11 is 0. The van der Waals surface area contributed by atoms with Crippen LogP contribution in [0.1, 0.15) is 16.1 Å². The van der Waals surface area contributed by atoms with Crippen molar-refractivity contribution in [2.75, 3.05) is 26.2 Å². The zero-order valence-corrected chi connectivity index (χ0v) is 18.6. The number of benzene rings is 1. The van der Waals surface area contributed by atoms with Crippen molar-refractivity contribution in [2.24, 2.45) is 0 Å². The third-order valence-electron chi connectivity index (χ3n) is 5.19. The molecule has 1 aliphatic heterocycles. The van der Waals surface area contributed by atoms with Crippen LogP contribution < -0.4 is 0 Å². The quantitative estimate of drug-likeness (QED) is 0.533. The van der Waals surface area contributed by atoms with Crippen LogP contribution in [0.15, 0.2) is 81.4 Å². The average molecular weight is 476 g/mol. The zero-order valence-electron chi connectivity index (χ0n) is 17.0. The topological polar surface area (TPSA) is 118 Å². The highest BCUT2D eigenvalue weighted by atomic mass is 32.2. The molecular weight excluding hydrogens is 454 g/mol. The van der Waals surface area contributed by atoms with E-state index in [2.05, 4.69) is 4.98 Å². The molecule has 0 saturated carbocycles. The summed E-state index contributed by atoms with van der Waals surface area (Å²) in [6, 6.07) is 12.5. The average Bonchev–Trinajstić information content (AvgIpc) is 3.27. The number of sulfone groups is 1. The molecule has 1 aliphatic rings. The second-order valence-electron chi connectivity index (χ2n) is 7.23. The van der Waals surface area contributed by atoms with Gasteiger partial charge in [-0.05, 0) is 30.3 Å². The fourth-order valence-corrected chi connectivity index (χ4v) is 6.24. The number of aromatic nitrogens is 1. The second-order valence-corrected chi connectivity index (χ2v) is 11.2. The number of hydrogen-bond acceptors (Lipinski definition) is 7. The van der Waals surface area contributed by atoms with Gasteiger partial charge in [0.25, 0.3) is 5.91 Å². The van der Waals surface area contributed by atoms with Crippen LogP contribution in [0.2, 0.25) is 0 Å². The first kappa shape index (κ1) is 22.2. The number of carbonyl (C=O) groups is 1. The molecule has 3 aromatic rings. The van der Waals surface area contributed by atoms with Gasteiger partial charge in [-0.15, -0.1) is 0 Å². The van der Waals surface area contributed by atoms with E-state index in [4.69, 9.17) is 4.42 Å². The molecular formula is C21H21N3O6S2. The van der Waals surface area contributed by atoms with Crippen LogP contribution in [0.4, 0.5) is 0 Å². The van der Waals surface area contributed by atoms with Crippen molar-refractivity contribution in [1.29, 1.82) is 0 Å². The minimum Gasteiger partial charge on any atom is -0.459 e. The number of nitrogens with zero attached hydrogens (tertiary/aromatic N) is 3. The van der Waals surface area contributed by atoms with E-state index in [0.29, 0.717) is 0 Å². The van der Waals surface area contributed by atoms with E-state index in [1.54, 1.807) is 24.3 Å². The van der Waals surface area contributed by atoms with E-state index in [1.165, 1.54) is 52.1 Å². The van der Waals surface area contributed by atoms with Gasteiger partial charge in [-0.2, -0.15) is 4.31 Å². The highest BCUT2D eigenvalue weighted by molar-refractivity contribution is 7.90. The van der Waals surface area contributed by atoms with Crippen LogP contribution >= 0.6 is 0 Å². The van der Waals surface area contributed by atoms with Crippen LogP contribution in [0.5, 0.6) is 0 Å². The van der Waals surface area contributed by atoms with E-state index in [0.717, 1.165) is 0 Å². The second kappa shape index (κ2) is 8.85. The lowest BCUT2D eigenvalue weighted by Crippen LogP contribution is -2.50. The molecule has 0 aliphatic carbocycles. The van der Waals surface area contributed by atoms with Crippen LogP contribution in [0.25, 0.3) is 0 Å². The standard InChI is InChI=1S/C21H21N3O6S2/c25-21(20-17(8-14-30-20)16-31(26,27)18-5-2-1-3-6-18)23-10-12-24(13-11-23)32(28,29)19-7-4-9-22-15-19/h1-9,14-15H,10-13,16H2. The van der Waals surface area contributed by atoms with Gasteiger partial charge in [-0.1, -0.05) is 18.2 Å². The molecule has 0 spiro atoms. The molecule has 1 amide bonds. The molecule has 3 heterocycles. The maximum atomic E-state index is 13.0. The first-order valence-electron chi connectivity index (χ1n) is 9.83. The predicted octanol–water partition coefficient (Wildman–Crippen LogP) is 1.80. The Bertz CT molecular complexity index is 1300. The first-order valence-corrected chi connectivity index (χ1v) is 12.9. The van der Waals surface area contributed by atoms with Gasteiger partial charge in [-0.25, -0.2) is 16.8 Å². The van der Waals surface area contributed by atoms with E-state index in [9.17, 15) is 21.6 Å². The van der Waals surface area contributed by atoms with Crippen LogP contribution in [0.3, 0.4) is 0 Å². The summed E-state index contributed by atoms with van der Waals surface area (Å²) in [6.45, 7) is 0.538. The minimum atomic E-state index is -3.70. The van der Waals surface area contributed by atoms with Gasteiger partial charge in [0, 0.05) is 44.1 Å². The zero-order chi connectivity index (χ0) is 22.8. The number of furan rings is 1. The number of piperazine rings is 1. The van der Waals surface area contributed by atoms with Gasteiger partial charge >= 0.3 is 0 Å². The van der Waals surface area contributed by atoms with Crippen molar-refractivity contribution in [1.82, 2.24) is 14.2 Å². The largest absolute Gasteiger partial charge is 0.459 e. The third kappa shape index (κ3) is 4.45. The lowest BCUT2D eigenvalue weighted by atomic mass is 10.2. The maximum absolute atomic E-state index is 13.0. The van der Waals surface area contributed by atoms with E-state index in [-0.39, 0.29) is 53.0 Å². The van der Waals surface area contributed by atoms with Crippen molar-refractivity contribution in [3.63, 3.8) is 0 Å². The van der Waals surface area contributed by atoms with Gasteiger partial charge < -0.3 is 9.32 Å². The van der Waals surface area contributed by atoms with Crippen molar-refractivity contribution in [2.45, 2.75) is 15.5 Å². The van der Waals surface area contributed by atoms with Crippen LogP contribution in [-0.4, -0.2) is 63.1 Å². The third-order valence-corrected chi connectivity index (χ3v) is 8.75. The van der Waals surface area contributed by atoms with Crippen molar-refractivity contribution >= 4 is 25.8 Å². The Hall–Kier alpha value is -3.02. The molecule has 0 unspecified atom stereocenters. The summed E-state index contributed by atoms with van der Waals surface area (Å²) < 4.78 is 57.5. The molecule has 1 saturated heterocycles. The Balaban J connectivity index is 1.45. The molecule has 0 radical (unpaired) electrons. The first-order chi connectivity index (χ1) is 15.3. The summed E-state index contributed by atoms with van der Waals surface area (Å²) in [6.07, 6.45) is 4.07. The molecule has 1 aromatic carbocycles. The Morgan fingerprint density at radius 1 is 0.906 bits per heavy atom. The highest BCUT2D eigenvalue weighted by Gasteiger charge is 2.32. The van der Waals surface area contributed by atoms with Gasteiger partial charge in [0.05, 0.1) is 16.9 Å². The Morgan fingerprint density at radius 2 is 1.59 bits per heavy atom. The molecule has 0 atom stereocenters. The highest BCUT2D eigenvalue weighted by Crippen LogP contribution is 2.23. The van der Waals surface area contributed by atoms with Crippen molar-refractivity contribution in [3.05, 3.63) is 78.5 Å². The molecule has 1 fully saturated rings. The van der Waals surface area contributed by atoms with Gasteiger partial charge in [-0.3, -0.25) is 9.78 Å². The van der Waals surface area contributed by atoms with Gasteiger partial charge in [0.15, 0.2) is 15.6 Å². The molecule has 0 N–H and O–H groups in total. The summed E-state index contributed by atoms with van der Waals surface area (Å²) in [5.41, 5.74) is 0.268. The van der Waals surface area contributed by atoms with E-state index < -0.39 is 25.8 Å². The molecule has 0 bridgehead atoms. The fraction of sp³-hybridized carbons (Fsp3) is 0.238. The summed E-state index contributed by atoms with van der Waals surface area (Å²) in [5, 5.41) is 0. The van der Waals surface area contributed by atoms with Crippen molar-refractivity contribution < 1.29 is 26.0 Å². The Labute approximate surface area is 186 Å². The number of hydrogen-bond donors (Lipinski definition) is 0. The predicted molar refractivity (Wildman–Crippen MR) is 115 cm³/mol. The van der Waals surface area contributed by atoms with Gasteiger partial charge in [0.1, 0.15) is 4.90 Å². The van der Waals surface area contributed by atoms with Crippen LogP contribution in [-0.2, 0) is 25.6 Å². The van der Waals surface area contributed by atoms with Crippen LogP contribution in [0, 0.1) is 0 Å². The van der Waals surface area contributed by atoms with Gasteiger partial charge in [0.2, 0.25) is 10.0 Å². The molecule has 168 valence electrons. The minimum absolute atomic E-state index is 0.0481. The lowest BCUT2D eigenvalue weighted by molar-refractivity contribution is 0.0665. The molecule has 11 heteroatoms. The lowest BCUT2D eigenvalue weighted by Gasteiger charge is -2.33. The number of pyridine rings is 1. The Morgan fingerprint density at radius 3 is 2.25 bits per heavy atom. The normalized spacial score (nSPS) is 15.6. The summed E-state index contributed by atoms with van der Waals surface area (Å²) in [4.78, 5) is 18.6. The molecule has 32 heavy (non-hydrogen) atoms. The number of carbonyl (C=O) groups excluding carboxylic acids is 1. The van der Waals surface area contributed by atoms with E-state index >= 15 is 0 Å². The maximum Gasteiger partial charge on any atom is 0.289 e. The summed E-state index contributed by atoms with van der Waals surface area (Å²) in [7, 11) is -7.35. The van der Waals surface area contributed by atoms with Crippen molar-refractivity contribution in [3.8, 4) is 0 Å². The van der Waals surface area contributed by atoms with E-state index in [1.807, 2.05) is 0 Å². The smallest absolute Gasteiger partial charge is 0.289 e. The fourth-order valence-electron chi connectivity index (χ4n) is 3.48. The number of amides is 1. The summed E-state index contributed by atoms with van der Waals surface area (Å²) in [5.74, 6) is -0.885. The number of rotatable bonds is 6. The number of sulfonamides is 1. The Kier molecular flexibility index (Phi) is 6.13.